The molecule has 0 spiro atoms. The Labute approximate surface area is 165 Å². The molecule has 0 saturated carbocycles. The van der Waals surface area contributed by atoms with Gasteiger partial charge >= 0.3 is 170 Å². The van der Waals surface area contributed by atoms with Crippen LogP contribution in [0, 0.1) is 74.6 Å². The maximum atomic E-state index is 8.61. The molecule has 9 nitrogen and oxygen atoms in total. The van der Waals surface area contributed by atoms with E-state index in [1.54, 1.807) is 0 Å². The molecular formula is Er2O9Zr3. The van der Waals surface area contributed by atoms with Gasteiger partial charge in [-0.25, -0.2) is 0 Å². The second-order valence-corrected chi connectivity index (χ2v) is 4.44. The fourth-order valence-electron chi connectivity index (χ4n) is 0. The SMILES string of the molecule is [Er+3].[Er+3].[O]=[Zr]([O-])[O-].[O]=[Zr]([O-])[O-].[O]=[Zr]([O-])[O-]. The number of hydrogen-bond donors (Lipinski definition) is 0. The summed E-state index contributed by atoms with van der Waals surface area (Å²) >= 11 is -12.9. The molecule has 0 rings (SSSR count). The second-order valence-electron chi connectivity index (χ2n) is 0.750. The number of rotatable bonds is 0. The van der Waals surface area contributed by atoms with Gasteiger partial charge in [0.05, 0.1) is 0 Å². The van der Waals surface area contributed by atoms with Crippen molar-refractivity contribution in [1.82, 2.24) is 0 Å². The van der Waals surface area contributed by atoms with E-state index in [1.165, 1.54) is 0 Å². The molecule has 0 amide bonds. The third kappa shape index (κ3) is 206. The normalized spacial score (nSPS) is 5.57. The zero-order valence-corrected chi connectivity index (χ0v) is 16.8. The molecule has 0 N–H and O–H groups in total. The first-order valence-corrected chi connectivity index (χ1v) is 10.9. The molecule has 0 heterocycles. The third-order valence-electron chi connectivity index (χ3n) is 0. The van der Waals surface area contributed by atoms with Gasteiger partial charge < -0.3 is 0 Å². The molecule has 14 heavy (non-hydrogen) atoms. The molecule has 2 radical (unpaired) electrons. The van der Waals surface area contributed by atoms with E-state index in [4.69, 9.17) is 27.5 Å². The van der Waals surface area contributed by atoms with Gasteiger partial charge in [-0.15, -0.1) is 0 Å². The predicted molar refractivity (Wildman–Crippen MR) is 2.06 cm³/mol. The molecular weight excluding hydrogens is 752 g/mol. The summed E-state index contributed by atoms with van der Waals surface area (Å²) in [5.41, 5.74) is 0. The molecule has 14 heteroatoms. The van der Waals surface area contributed by atoms with Gasteiger partial charge in [-0.3, -0.25) is 0 Å². The summed E-state index contributed by atoms with van der Waals surface area (Å²) < 4.78 is 77.5. The van der Waals surface area contributed by atoms with E-state index >= 15 is 0 Å². The Morgan fingerprint density at radius 1 is 0.500 bits per heavy atom. The summed E-state index contributed by atoms with van der Waals surface area (Å²) in [6, 6.07) is 0. The van der Waals surface area contributed by atoms with Gasteiger partial charge in [-0.1, -0.05) is 0 Å². The first-order chi connectivity index (χ1) is 5.20. The van der Waals surface area contributed by atoms with Crippen molar-refractivity contribution in [2.75, 3.05) is 0 Å². The van der Waals surface area contributed by atoms with Crippen LogP contribution in [-0.2, 0) is 76.3 Å². The number of hydrogen-bond acceptors (Lipinski definition) is 9. The minimum absolute atomic E-state index is 0. The Kier molecular flexibility index (Phi) is 57.5. The van der Waals surface area contributed by atoms with Crippen molar-refractivity contribution < 1.29 is 170 Å². The first-order valence-electron chi connectivity index (χ1n) is 1.84. The molecule has 0 aromatic heterocycles. The minimum atomic E-state index is -4.29. The zero-order chi connectivity index (χ0) is 10.7. The Balaban J connectivity index is -0.0000000270. The van der Waals surface area contributed by atoms with Crippen LogP contribution >= 0.6 is 0 Å². The van der Waals surface area contributed by atoms with Crippen LogP contribution in [0.1, 0.15) is 0 Å². The topological polar surface area (TPSA) is 190 Å². The van der Waals surface area contributed by atoms with Gasteiger partial charge in [0.25, 0.3) is 0 Å². The van der Waals surface area contributed by atoms with E-state index in [2.05, 4.69) is 0 Å². The Bertz CT molecular complexity index is 116. The van der Waals surface area contributed by atoms with Crippen LogP contribution in [0.3, 0.4) is 0 Å². The van der Waals surface area contributed by atoms with Crippen LogP contribution in [-0.4, -0.2) is 0 Å². The quantitative estimate of drug-likeness (QED) is 0.232. The molecule has 0 aliphatic carbocycles. The van der Waals surface area contributed by atoms with E-state index in [0.717, 1.165) is 0 Å². The van der Waals surface area contributed by atoms with Gasteiger partial charge in [-0.05, 0) is 0 Å². The van der Waals surface area contributed by atoms with Crippen molar-refractivity contribution in [3.05, 3.63) is 0 Å². The Hall–Kier alpha value is 4.30. The molecule has 0 aliphatic rings. The van der Waals surface area contributed by atoms with Crippen LogP contribution in [0.25, 0.3) is 0 Å². The average Bonchev–Trinajstić information content (AvgIpc) is 1.54. The van der Waals surface area contributed by atoms with Crippen molar-refractivity contribution in [1.29, 1.82) is 0 Å². The van der Waals surface area contributed by atoms with E-state index < -0.39 is 67.9 Å². The third-order valence-corrected chi connectivity index (χ3v) is 0. The maximum absolute atomic E-state index is 8.61. The van der Waals surface area contributed by atoms with E-state index in [0.29, 0.717) is 0 Å². The van der Waals surface area contributed by atoms with E-state index in [-0.39, 0.29) is 74.6 Å². The van der Waals surface area contributed by atoms with Crippen molar-refractivity contribution in [3.8, 4) is 0 Å². The van der Waals surface area contributed by atoms with Crippen molar-refractivity contribution >= 4 is 0 Å². The Morgan fingerprint density at radius 2 is 0.500 bits per heavy atom. The fraction of sp³-hybridized carbons (Fsp3) is 0. The second kappa shape index (κ2) is 26.0. The summed E-state index contributed by atoms with van der Waals surface area (Å²) in [5.74, 6) is 0. The molecule has 90 valence electrons. The molecule has 0 unspecified atom stereocenters. The fourth-order valence-corrected chi connectivity index (χ4v) is 0. The molecule has 0 aliphatic heterocycles. The van der Waals surface area contributed by atoms with Gasteiger partial charge in [0.2, 0.25) is 0 Å². The van der Waals surface area contributed by atoms with Crippen LogP contribution in [0.5, 0.6) is 0 Å². The van der Waals surface area contributed by atoms with Crippen LogP contribution in [0.15, 0.2) is 0 Å². The summed E-state index contributed by atoms with van der Waals surface area (Å²) in [6.07, 6.45) is 0. The molecule has 0 atom stereocenters. The van der Waals surface area contributed by atoms with E-state index in [9.17, 15) is 0 Å². The summed E-state index contributed by atoms with van der Waals surface area (Å²) in [6.45, 7) is 0. The summed E-state index contributed by atoms with van der Waals surface area (Å²) in [4.78, 5) is 0. The van der Waals surface area contributed by atoms with Gasteiger partial charge in [0.1, 0.15) is 0 Å². The predicted octanol–water partition coefficient (Wildman–Crippen LogP) is -7.50. The first kappa shape index (κ1) is 31.0. The average molecular weight is 752 g/mol. The molecule has 0 aromatic rings. The monoisotopic (exact) mass is 746 g/mol. The standard InChI is InChI=1S/2Er.9O.3Zr/q2*+3;;;;6*-1;;;. The van der Waals surface area contributed by atoms with Crippen LogP contribution in [0.4, 0.5) is 0 Å². The molecule has 0 aromatic carbocycles. The van der Waals surface area contributed by atoms with Crippen molar-refractivity contribution in [3.63, 3.8) is 0 Å². The van der Waals surface area contributed by atoms with Gasteiger partial charge in [0.15, 0.2) is 0 Å². The molecule has 0 fully saturated rings. The molecule has 0 bridgehead atoms. The zero-order valence-electron chi connectivity index (χ0n) is 5.75. The summed E-state index contributed by atoms with van der Waals surface area (Å²) in [5, 5.41) is 0. The van der Waals surface area contributed by atoms with Crippen LogP contribution < -0.4 is 19.1 Å². The van der Waals surface area contributed by atoms with Gasteiger partial charge in [0, 0.05) is 0 Å². The van der Waals surface area contributed by atoms with Crippen molar-refractivity contribution in [2.24, 2.45) is 0 Å². The Morgan fingerprint density at radius 3 is 0.500 bits per heavy atom. The van der Waals surface area contributed by atoms with Crippen molar-refractivity contribution in [2.45, 2.75) is 0 Å². The summed E-state index contributed by atoms with van der Waals surface area (Å²) in [7, 11) is 0. The van der Waals surface area contributed by atoms with Crippen LogP contribution in [0.2, 0.25) is 0 Å². The molecule has 0 saturated heterocycles. The van der Waals surface area contributed by atoms with E-state index in [1.807, 2.05) is 0 Å². The van der Waals surface area contributed by atoms with Gasteiger partial charge in [-0.2, -0.15) is 0 Å².